The minimum atomic E-state index is 0.557. The average molecular weight is 249 g/mol. The summed E-state index contributed by atoms with van der Waals surface area (Å²) in [5.74, 6) is 1.84. The van der Waals surface area contributed by atoms with E-state index >= 15 is 0 Å². The van der Waals surface area contributed by atoms with Crippen molar-refractivity contribution in [2.24, 2.45) is 10.7 Å². The summed E-state index contributed by atoms with van der Waals surface area (Å²) in [6, 6.07) is 10.2. The summed E-state index contributed by atoms with van der Waals surface area (Å²) < 4.78 is 0. The second-order valence-electron chi connectivity index (χ2n) is 4.20. The first kappa shape index (κ1) is 12.3. The maximum Gasteiger partial charge on any atom is 0.188 e. The highest BCUT2D eigenvalue weighted by Crippen LogP contribution is 2.25. The number of rotatable bonds is 4. The van der Waals surface area contributed by atoms with E-state index in [1.165, 1.54) is 24.2 Å². The molecule has 2 rings (SSSR count). The molecule has 0 bridgehead atoms. The lowest BCUT2D eigenvalue weighted by molar-refractivity contribution is 0.742. The SMILES string of the molecule is NC(=NCc1ccccc1)NCC1CCCS1. The fourth-order valence-corrected chi connectivity index (χ4v) is 3.04. The molecule has 1 aromatic rings. The van der Waals surface area contributed by atoms with Crippen molar-refractivity contribution in [3.05, 3.63) is 35.9 Å². The zero-order valence-corrected chi connectivity index (χ0v) is 10.7. The first-order valence-electron chi connectivity index (χ1n) is 6.04. The third-order valence-electron chi connectivity index (χ3n) is 2.81. The number of nitrogens with zero attached hydrogens (tertiary/aromatic N) is 1. The molecule has 3 N–H and O–H groups in total. The molecule has 92 valence electrons. The van der Waals surface area contributed by atoms with Crippen LogP contribution in [0.2, 0.25) is 0 Å². The molecule has 0 spiro atoms. The van der Waals surface area contributed by atoms with Gasteiger partial charge in [0.15, 0.2) is 5.96 Å². The van der Waals surface area contributed by atoms with E-state index in [4.69, 9.17) is 5.73 Å². The highest BCUT2D eigenvalue weighted by Gasteiger charge is 2.14. The molecule has 1 saturated heterocycles. The number of guanidine groups is 1. The van der Waals surface area contributed by atoms with Gasteiger partial charge in [0.2, 0.25) is 0 Å². The van der Waals surface area contributed by atoms with Gasteiger partial charge < -0.3 is 11.1 Å². The Bertz CT molecular complexity index is 358. The second kappa shape index (κ2) is 6.55. The van der Waals surface area contributed by atoms with Crippen LogP contribution in [0, 0.1) is 0 Å². The molecule has 17 heavy (non-hydrogen) atoms. The van der Waals surface area contributed by atoms with Gasteiger partial charge in [-0.25, -0.2) is 4.99 Å². The Morgan fingerprint density at radius 1 is 1.41 bits per heavy atom. The molecule has 1 atom stereocenters. The number of benzene rings is 1. The molecule has 3 nitrogen and oxygen atoms in total. The van der Waals surface area contributed by atoms with Crippen LogP contribution in [0.25, 0.3) is 0 Å². The summed E-state index contributed by atoms with van der Waals surface area (Å²) in [4.78, 5) is 4.33. The Balaban J connectivity index is 1.73. The molecule has 1 aliphatic rings. The monoisotopic (exact) mass is 249 g/mol. The van der Waals surface area contributed by atoms with Crippen molar-refractivity contribution in [1.82, 2.24) is 5.32 Å². The quantitative estimate of drug-likeness (QED) is 0.634. The fourth-order valence-electron chi connectivity index (χ4n) is 1.84. The van der Waals surface area contributed by atoms with Crippen molar-refractivity contribution >= 4 is 17.7 Å². The van der Waals surface area contributed by atoms with E-state index in [9.17, 15) is 0 Å². The minimum absolute atomic E-state index is 0.557. The first-order valence-corrected chi connectivity index (χ1v) is 7.09. The number of hydrogen-bond donors (Lipinski definition) is 2. The largest absolute Gasteiger partial charge is 0.370 e. The van der Waals surface area contributed by atoms with Crippen LogP contribution in [-0.2, 0) is 6.54 Å². The van der Waals surface area contributed by atoms with Gasteiger partial charge in [-0.1, -0.05) is 30.3 Å². The lowest BCUT2D eigenvalue weighted by Gasteiger charge is -2.10. The topological polar surface area (TPSA) is 50.4 Å². The summed E-state index contributed by atoms with van der Waals surface area (Å²) in [5.41, 5.74) is 7.02. The summed E-state index contributed by atoms with van der Waals surface area (Å²) in [7, 11) is 0. The molecule has 1 aliphatic heterocycles. The van der Waals surface area contributed by atoms with Crippen LogP contribution in [-0.4, -0.2) is 23.5 Å². The number of nitrogens with one attached hydrogen (secondary N) is 1. The molecule has 0 saturated carbocycles. The van der Waals surface area contributed by atoms with E-state index in [-0.39, 0.29) is 0 Å². The molecule has 1 unspecified atom stereocenters. The minimum Gasteiger partial charge on any atom is -0.370 e. The zero-order chi connectivity index (χ0) is 11.9. The Labute approximate surface area is 107 Å². The predicted octanol–water partition coefficient (Wildman–Crippen LogP) is 1.99. The van der Waals surface area contributed by atoms with Crippen LogP contribution in [0.1, 0.15) is 18.4 Å². The van der Waals surface area contributed by atoms with Crippen molar-refractivity contribution in [2.75, 3.05) is 12.3 Å². The van der Waals surface area contributed by atoms with Crippen LogP contribution in [0.15, 0.2) is 35.3 Å². The number of nitrogens with two attached hydrogens (primary N) is 1. The van der Waals surface area contributed by atoms with E-state index < -0.39 is 0 Å². The van der Waals surface area contributed by atoms with Gasteiger partial charge in [0.05, 0.1) is 6.54 Å². The van der Waals surface area contributed by atoms with Crippen LogP contribution < -0.4 is 11.1 Å². The molecule has 0 aromatic heterocycles. The van der Waals surface area contributed by atoms with E-state index in [1.807, 2.05) is 30.0 Å². The van der Waals surface area contributed by atoms with E-state index in [1.54, 1.807) is 0 Å². The van der Waals surface area contributed by atoms with Crippen LogP contribution in [0.5, 0.6) is 0 Å². The van der Waals surface area contributed by atoms with Crippen LogP contribution in [0.3, 0.4) is 0 Å². The number of hydrogen-bond acceptors (Lipinski definition) is 2. The van der Waals surface area contributed by atoms with Gasteiger partial charge in [-0.3, -0.25) is 0 Å². The third-order valence-corrected chi connectivity index (χ3v) is 4.21. The smallest absolute Gasteiger partial charge is 0.188 e. The van der Waals surface area contributed by atoms with E-state index in [0.29, 0.717) is 17.8 Å². The Morgan fingerprint density at radius 2 is 2.24 bits per heavy atom. The van der Waals surface area contributed by atoms with Crippen molar-refractivity contribution in [3.63, 3.8) is 0 Å². The summed E-state index contributed by atoms with van der Waals surface area (Å²) in [6.07, 6.45) is 2.63. The van der Waals surface area contributed by atoms with Crippen LogP contribution in [0.4, 0.5) is 0 Å². The van der Waals surface area contributed by atoms with Crippen molar-refractivity contribution in [3.8, 4) is 0 Å². The fraction of sp³-hybridized carbons (Fsp3) is 0.462. The molecule has 0 amide bonds. The van der Waals surface area contributed by atoms with Gasteiger partial charge >= 0.3 is 0 Å². The molecule has 1 heterocycles. The van der Waals surface area contributed by atoms with E-state index in [0.717, 1.165) is 6.54 Å². The van der Waals surface area contributed by atoms with Gasteiger partial charge in [-0.15, -0.1) is 0 Å². The lowest BCUT2D eigenvalue weighted by Crippen LogP contribution is -2.35. The average Bonchev–Trinajstić information content (AvgIpc) is 2.88. The molecular formula is C13H19N3S. The van der Waals surface area contributed by atoms with Gasteiger partial charge in [0.25, 0.3) is 0 Å². The van der Waals surface area contributed by atoms with Gasteiger partial charge in [-0.05, 0) is 24.2 Å². The predicted molar refractivity (Wildman–Crippen MR) is 75.3 cm³/mol. The van der Waals surface area contributed by atoms with Gasteiger partial charge in [0, 0.05) is 11.8 Å². The molecule has 0 radical (unpaired) electrons. The van der Waals surface area contributed by atoms with Gasteiger partial charge in [0.1, 0.15) is 0 Å². The zero-order valence-electron chi connectivity index (χ0n) is 9.93. The molecule has 4 heteroatoms. The van der Waals surface area contributed by atoms with Gasteiger partial charge in [-0.2, -0.15) is 11.8 Å². The second-order valence-corrected chi connectivity index (χ2v) is 5.61. The molecule has 1 fully saturated rings. The van der Waals surface area contributed by atoms with Crippen molar-refractivity contribution in [2.45, 2.75) is 24.6 Å². The number of aliphatic imine (C=N–C) groups is 1. The Hall–Kier alpha value is -1.16. The summed E-state index contributed by atoms with van der Waals surface area (Å²) >= 11 is 2.03. The Kier molecular flexibility index (Phi) is 4.74. The maximum atomic E-state index is 5.83. The molecule has 0 aliphatic carbocycles. The summed E-state index contributed by atoms with van der Waals surface area (Å²) in [6.45, 7) is 1.59. The van der Waals surface area contributed by atoms with Crippen molar-refractivity contribution in [1.29, 1.82) is 0 Å². The third kappa shape index (κ3) is 4.30. The maximum absolute atomic E-state index is 5.83. The highest BCUT2D eigenvalue weighted by molar-refractivity contribution is 8.00. The normalized spacial score (nSPS) is 20.5. The molecule has 1 aromatic carbocycles. The van der Waals surface area contributed by atoms with Crippen molar-refractivity contribution < 1.29 is 0 Å². The van der Waals surface area contributed by atoms with E-state index in [2.05, 4.69) is 22.4 Å². The summed E-state index contributed by atoms with van der Waals surface area (Å²) in [5, 5.41) is 3.91. The Morgan fingerprint density at radius 3 is 2.94 bits per heavy atom. The lowest BCUT2D eigenvalue weighted by atomic mass is 10.2. The van der Waals surface area contributed by atoms with Crippen LogP contribution >= 0.6 is 11.8 Å². The standard InChI is InChI=1S/C13H19N3S/c14-13(16-10-12-7-4-8-17-12)15-9-11-5-2-1-3-6-11/h1-3,5-6,12H,4,7-10H2,(H3,14,15,16). The molecular weight excluding hydrogens is 230 g/mol. The number of thioether (sulfide) groups is 1. The highest BCUT2D eigenvalue weighted by atomic mass is 32.2. The first-order chi connectivity index (χ1) is 8.34.